The number of carbonyl (C=O) groups is 2. The van der Waals surface area contributed by atoms with E-state index in [0.717, 1.165) is 24.7 Å². The number of rotatable bonds is 6. The van der Waals surface area contributed by atoms with E-state index in [-0.39, 0.29) is 29.1 Å². The smallest absolute Gasteiger partial charge is 0.223 e. The van der Waals surface area contributed by atoms with Gasteiger partial charge in [-0.15, -0.1) is 0 Å². The molecule has 2 amide bonds. The van der Waals surface area contributed by atoms with Crippen molar-refractivity contribution in [2.45, 2.75) is 65.2 Å². The summed E-state index contributed by atoms with van der Waals surface area (Å²) in [6, 6.07) is 0. The second-order valence-corrected chi connectivity index (χ2v) is 10.2. The van der Waals surface area contributed by atoms with Crippen molar-refractivity contribution >= 4 is 11.8 Å². The van der Waals surface area contributed by atoms with Gasteiger partial charge in [0.2, 0.25) is 11.8 Å². The van der Waals surface area contributed by atoms with Crippen molar-refractivity contribution in [1.82, 2.24) is 10.6 Å². The molecule has 4 bridgehead atoms. The fraction of sp³-hybridized carbons (Fsp3) is 0.905. The van der Waals surface area contributed by atoms with Gasteiger partial charge in [-0.1, -0.05) is 26.7 Å². The number of hydrogen-bond acceptors (Lipinski definition) is 2. The van der Waals surface area contributed by atoms with Gasteiger partial charge in [0, 0.05) is 24.9 Å². The van der Waals surface area contributed by atoms with Crippen LogP contribution in [0.2, 0.25) is 0 Å². The van der Waals surface area contributed by atoms with E-state index >= 15 is 0 Å². The van der Waals surface area contributed by atoms with Crippen molar-refractivity contribution in [3.63, 3.8) is 0 Å². The number of hydrogen-bond donors (Lipinski definition) is 2. The average molecular weight is 347 g/mol. The summed E-state index contributed by atoms with van der Waals surface area (Å²) in [7, 11) is 0. The van der Waals surface area contributed by atoms with Gasteiger partial charge in [-0.2, -0.15) is 0 Å². The predicted octanol–water partition coefficient (Wildman–Crippen LogP) is 3.12. The number of nitrogens with one attached hydrogen (secondary N) is 2. The molecule has 0 unspecified atom stereocenters. The zero-order chi connectivity index (χ0) is 17.6. The zero-order valence-corrected chi connectivity index (χ0v) is 15.9. The van der Waals surface area contributed by atoms with Crippen molar-refractivity contribution in [2.24, 2.45) is 40.9 Å². The molecule has 0 radical (unpaired) electrons. The van der Waals surface area contributed by atoms with E-state index in [1.54, 1.807) is 0 Å². The molecule has 0 spiro atoms. The summed E-state index contributed by atoms with van der Waals surface area (Å²) in [4.78, 5) is 25.0. The second kappa shape index (κ2) is 6.59. The average Bonchev–Trinajstić information content (AvgIpc) is 3.37. The summed E-state index contributed by atoms with van der Waals surface area (Å²) < 4.78 is 0. The summed E-state index contributed by atoms with van der Waals surface area (Å²) in [6.45, 7) is 5.57. The Morgan fingerprint density at radius 1 is 0.760 bits per heavy atom. The summed E-state index contributed by atoms with van der Waals surface area (Å²) in [6.07, 6.45) is 9.86. The SMILES string of the molecule is CC(C)(CNC(=O)[C@@H]1C[C@@H]2CC[C@@H]1C2)CNC(=O)[C@@H]1C[C@H]2CC[C@@H]1C2. The third kappa shape index (κ3) is 3.59. The second-order valence-electron chi connectivity index (χ2n) is 10.2. The lowest BCUT2D eigenvalue weighted by Crippen LogP contribution is -2.45. The lowest BCUT2D eigenvalue weighted by Gasteiger charge is -2.29. The largest absolute Gasteiger partial charge is 0.355 e. The maximum absolute atomic E-state index is 12.5. The van der Waals surface area contributed by atoms with Gasteiger partial charge in [-0.3, -0.25) is 9.59 Å². The van der Waals surface area contributed by atoms with Crippen molar-refractivity contribution < 1.29 is 9.59 Å². The summed E-state index contributed by atoms with van der Waals surface area (Å²) in [5, 5.41) is 6.36. The Morgan fingerprint density at radius 3 is 1.52 bits per heavy atom. The first-order chi connectivity index (χ1) is 11.9. The minimum absolute atomic E-state index is 0.0967. The van der Waals surface area contributed by atoms with Gasteiger partial charge >= 0.3 is 0 Å². The molecule has 4 fully saturated rings. The highest BCUT2D eigenvalue weighted by atomic mass is 16.2. The third-order valence-electron chi connectivity index (χ3n) is 7.63. The first kappa shape index (κ1) is 17.4. The Labute approximate surface area is 151 Å². The predicted molar refractivity (Wildman–Crippen MR) is 97.7 cm³/mol. The van der Waals surface area contributed by atoms with E-state index in [0.29, 0.717) is 24.9 Å². The molecule has 4 saturated carbocycles. The molecular formula is C21H34N2O2. The van der Waals surface area contributed by atoms with Crippen molar-refractivity contribution in [1.29, 1.82) is 0 Å². The van der Waals surface area contributed by atoms with E-state index in [4.69, 9.17) is 0 Å². The Hall–Kier alpha value is -1.06. The lowest BCUT2D eigenvalue weighted by molar-refractivity contribution is -0.127. The van der Waals surface area contributed by atoms with Crippen LogP contribution in [0.4, 0.5) is 0 Å². The van der Waals surface area contributed by atoms with E-state index in [1.807, 2.05) is 0 Å². The Kier molecular flexibility index (Phi) is 4.57. The summed E-state index contributed by atoms with van der Waals surface area (Å²) in [5.74, 6) is 3.86. The maximum atomic E-state index is 12.5. The van der Waals surface area contributed by atoms with Crippen LogP contribution < -0.4 is 10.6 Å². The molecule has 0 aromatic rings. The van der Waals surface area contributed by atoms with Crippen molar-refractivity contribution in [2.75, 3.05) is 13.1 Å². The minimum Gasteiger partial charge on any atom is -0.355 e. The monoisotopic (exact) mass is 346 g/mol. The van der Waals surface area contributed by atoms with E-state index in [9.17, 15) is 9.59 Å². The number of carbonyl (C=O) groups excluding carboxylic acids is 2. The van der Waals surface area contributed by atoms with E-state index < -0.39 is 0 Å². The van der Waals surface area contributed by atoms with Crippen LogP contribution >= 0.6 is 0 Å². The summed E-state index contributed by atoms with van der Waals surface area (Å²) in [5.41, 5.74) is -0.0967. The standard InChI is InChI=1S/C21H34N2O2/c1-21(2,11-22-19(24)17-9-13-3-5-15(17)7-13)12-23-20(25)18-10-14-4-6-16(18)8-14/h13-18H,3-12H2,1-2H3,(H,22,24)(H,23,25)/t13-,14+,15-,16-,17-,18-/m1/s1. The molecule has 2 N–H and O–H groups in total. The molecule has 0 saturated heterocycles. The highest BCUT2D eigenvalue weighted by molar-refractivity contribution is 5.80. The van der Waals surface area contributed by atoms with Crippen LogP contribution in [0.15, 0.2) is 0 Å². The van der Waals surface area contributed by atoms with Crippen LogP contribution in [-0.4, -0.2) is 24.9 Å². The maximum Gasteiger partial charge on any atom is 0.223 e. The fourth-order valence-corrected chi connectivity index (χ4v) is 6.11. The molecule has 0 aromatic carbocycles. The molecule has 6 atom stereocenters. The van der Waals surface area contributed by atoms with Crippen LogP contribution in [0.1, 0.15) is 65.2 Å². The third-order valence-corrected chi connectivity index (χ3v) is 7.63. The summed E-state index contributed by atoms with van der Waals surface area (Å²) >= 11 is 0. The van der Waals surface area contributed by atoms with Crippen LogP contribution in [0.5, 0.6) is 0 Å². The van der Waals surface area contributed by atoms with Crippen LogP contribution in [0.25, 0.3) is 0 Å². The molecule has 4 rings (SSSR count). The fourth-order valence-electron chi connectivity index (χ4n) is 6.11. The van der Waals surface area contributed by atoms with Crippen LogP contribution in [-0.2, 0) is 9.59 Å². The quantitative estimate of drug-likeness (QED) is 0.776. The molecule has 4 heteroatoms. The molecule has 4 aliphatic rings. The molecule has 0 aromatic heterocycles. The van der Waals surface area contributed by atoms with Gasteiger partial charge in [0.15, 0.2) is 0 Å². The first-order valence-electron chi connectivity index (χ1n) is 10.5. The van der Waals surface area contributed by atoms with Gasteiger partial charge in [-0.25, -0.2) is 0 Å². The van der Waals surface area contributed by atoms with Crippen LogP contribution in [0, 0.1) is 40.9 Å². The van der Waals surface area contributed by atoms with Gasteiger partial charge in [0.25, 0.3) is 0 Å². The Bertz CT molecular complexity index is 498. The highest BCUT2D eigenvalue weighted by Crippen LogP contribution is 2.49. The number of fused-ring (bicyclic) bond motifs is 4. The first-order valence-corrected chi connectivity index (χ1v) is 10.5. The van der Waals surface area contributed by atoms with Gasteiger partial charge < -0.3 is 10.6 Å². The molecule has 0 aliphatic heterocycles. The van der Waals surface area contributed by atoms with E-state index in [1.165, 1.54) is 38.5 Å². The van der Waals surface area contributed by atoms with Crippen molar-refractivity contribution in [3.05, 3.63) is 0 Å². The molecule has 0 heterocycles. The minimum atomic E-state index is -0.0967. The van der Waals surface area contributed by atoms with Gasteiger partial charge in [0.05, 0.1) is 0 Å². The highest BCUT2D eigenvalue weighted by Gasteiger charge is 2.44. The Balaban J connectivity index is 1.20. The topological polar surface area (TPSA) is 58.2 Å². The molecule has 140 valence electrons. The lowest BCUT2D eigenvalue weighted by atomic mass is 9.86. The molecular weight excluding hydrogens is 312 g/mol. The van der Waals surface area contributed by atoms with Gasteiger partial charge in [0.1, 0.15) is 0 Å². The molecule has 25 heavy (non-hydrogen) atoms. The Morgan fingerprint density at radius 2 is 1.20 bits per heavy atom. The zero-order valence-electron chi connectivity index (χ0n) is 15.9. The van der Waals surface area contributed by atoms with Gasteiger partial charge in [-0.05, 0) is 67.6 Å². The van der Waals surface area contributed by atoms with Crippen LogP contribution in [0.3, 0.4) is 0 Å². The van der Waals surface area contributed by atoms with Crippen molar-refractivity contribution in [3.8, 4) is 0 Å². The normalized spacial score (nSPS) is 39.0. The number of amides is 2. The molecule has 4 aliphatic carbocycles. The van der Waals surface area contributed by atoms with E-state index in [2.05, 4.69) is 24.5 Å². The molecule has 4 nitrogen and oxygen atoms in total.